The van der Waals surface area contributed by atoms with Crippen molar-refractivity contribution in [2.45, 2.75) is 86.7 Å². The molecule has 0 atom stereocenters. The van der Waals surface area contributed by atoms with Gasteiger partial charge in [0.25, 0.3) is 0 Å². The number of aliphatic carboxylic acids is 3. The van der Waals surface area contributed by atoms with Gasteiger partial charge in [0.15, 0.2) is 12.6 Å². The van der Waals surface area contributed by atoms with Gasteiger partial charge >= 0.3 is 44.1 Å². The van der Waals surface area contributed by atoms with Crippen molar-refractivity contribution in [1.29, 1.82) is 0 Å². The number of hydrogen-bond donors (Lipinski definition) is 9. The fourth-order valence-electron chi connectivity index (χ4n) is 0.316. The predicted molar refractivity (Wildman–Crippen MR) is 170 cm³/mol. The smallest absolute Gasteiger partial charge is 0.478 e. The quantitative estimate of drug-likeness (QED) is 0.0694. The van der Waals surface area contributed by atoms with E-state index >= 15 is 0 Å². The van der Waals surface area contributed by atoms with Gasteiger partial charge in [-0.1, -0.05) is 59.6 Å². The maximum atomic E-state index is 9.60. The van der Waals surface area contributed by atoms with Crippen molar-refractivity contribution in [1.82, 2.24) is 0 Å². The van der Waals surface area contributed by atoms with E-state index in [1.54, 1.807) is 13.8 Å². The molecule has 9 N–H and O–H groups in total. The van der Waals surface area contributed by atoms with E-state index in [4.69, 9.17) is 46.0 Å². The number of carboxylic acid groups (broad SMARTS) is 3. The van der Waals surface area contributed by atoms with Crippen molar-refractivity contribution in [2.75, 3.05) is 13.2 Å². The summed E-state index contributed by atoms with van der Waals surface area (Å²) >= 11 is 0. The molecule has 0 bridgehead atoms. The van der Waals surface area contributed by atoms with E-state index in [9.17, 15) is 14.4 Å². The molecule has 0 aromatic heterocycles. The standard InChI is InChI=1S/2C4H8O2.3C4H6O2.2C4H10O.2CH3.2Zr/c5*1-3(2)4(5)6;2*1-2-3-4-5;;;;/h2*4-6H,1H2,2H3;3*1H2,2H3,(H,5,6);2*5H,2-4H2,1H3;2*1H3;;/q;;;;;;;2*-1;;+2. The van der Waals surface area contributed by atoms with Gasteiger partial charge in [-0.25, -0.2) is 14.4 Å². The van der Waals surface area contributed by atoms with Crippen LogP contribution in [0.3, 0.4) is 0 Å². The van der Waals surface area contributed by atoms with Crippen LogP contribution in [0.1, 0.15) is 74.1 Å². The Labute approximate surface area is 304 Å². The van der Waals surface area contributed by atoms with E-state index in [0.29, 0.717) is 24.4 Å². The molecule has 12 nitrogen and oxygen atoms in total. The molecule has 260 valence electrons. The molecular weight excluding hydrogens is 735 g/mol. The molecule has 0 unspecified atom stereocenters. The molecule has 0 heterocycles. The molecule has 0 fully saturated rings. The Hall–Kier alpha value is -1.36. The molecular formula is C30H60O12Zr2. The number of hydrogen-bond acceptors (Lipinski definition) is 9. The molecule has 0 saturated carbocycles. The third-order valence-corrected chi connectivity index (χ3v) is 3.00. The van der Waals surface area contributed by atoms with Gasteiger partial charge < -0.3 is 60.8 Å². The first-order chi connectivity index (χ1) is 18.0. The van der Waals surface area contributed by atoms with Crippen LogP contribution >= 0.6 is 0 Å². The Morgan fingerprint density at radius 3 is 0.659 bits per heavy atom. The van der Waals surface area contributed by atoms with Gasteiger partial charge in [-0.15, -0.1) is 0 Å². The Bertz CT molecular complexity index is 600. The Morgan fingerprint density at radius 2 is 0.659 bits per heavy atom. The Kier molecular flexibility index (Phi) is 96.2. The monoisotopic (exact) mass is 792 g/mol. The van der Waals surface area contributed by atoms with E-state index in [1.807, 2.05) is 0 Å². The first-order valence-electron chi connectivity index (χ1n) is 12.0. The largest absolute Gasteiger partial charge is 2.00 e. The molecule has 14 heteroatoms. The summed E-state index contributed by atoms with van der Waals surface area (Å²) in [7, 11) is 0. The molecule has 0 amide bonds. The first-order valence-corrected chi connectivity index (χ1v) is 12.0. The summed E-state index contributed by atoms with van der Waals surface area (Å²) in [6, 6.07) is 0. The zero-order valence-corrected chi connectivity index (χ0v) is 33.1. The normalized spacial score (nSPS) is 7.52. The van der Waals surface area contributed by atoms with Crippen LogP contribution < -0.4 is 0 Å². The summed E-state index contributed by atoms with van der Waals surface area (Å²) in [6.45, 7) is 28.2. The van der Waals surface area contributed by atoms with E-state index in [0.717, 1.165) is 25.7 Å². The molecule has 0 aromatic carbocycles. The van der Waals surface area contributed by atoms with E-state index in [-0.39, 0.29) is 84.0 Å². The van der Waals surface area contributed by atoms with Gasteiger partial charge in [0, 0.05) is 56.1 Å². The maximum Gasteiger partial charge on any atom is 2.00 e. The third kappa shape index (κ3) is 125. The number of carboxylic acids is 3. The van der Waals surface area contributed by atoms with Gasteiger partial charge in [-0.3, -0.25) is 0 Å². The van der Waals surface area contributed by atoms with Crippen molar-refractivity contribution in [2.24, 2.45) is 0 Å². The first kappa shape index (κ1) is 73.9. The molecule has 0 spiro atoms. The molecule has 0 aliphatic rings. The maximum absolute atomic E-state index is 9.60. The molecule has 0 aliphatic heterocycles. The fourth-order valence-corrected chi connectivity index (χ4v) is 0.316. The van der Waals surface area contributed by atoms with Gasteiger partial charge in [0.05, 0.1) is 0 Å². The number of rotatable bonds is 9. The summed E-state index contributed by atoms with van der Waals surface area (Å²) in [5.41, 5.74) is 1.27. The van der Waals surface area contributed by atoms with Gasteiger partial charge in [0.1, 0.15) is 0 Å². The summed E-state index contributed by atoms with van der Waals surface area (Å²) < 4.78 is 0. The summed E-state index contributed by atoms with van der Waals surface area (Å²) in [5.74, 6) is -2.81. The van der Waals surface area contributed by atoms with E-state index < -0.39 is 30.5 Å². The van der Waals surface area contributed by atoms with Crippen LogP contribution in [0.25, 0.3) is 0 Å². The van der Waals surface area contributed by atoms with Crippen molar-refractivity contribution in [3.8, 4) is 0 Å². The number of carbonyl (C=O) groups is 3. The van der Waals surface area contributed by atoms with Crippen molar-refractivity contribution in [3.05, 3.63) is 75.6 Å². The van der Waals surface area contributed by atoms with Crippen molar-refractivity contribution < 1.29 is 113 Å². The number of aliphatic hydroxyl groups excluding tert-OH is 4. The second kappa shape index (κ2) is 57.3. The minimum Gasteiger partial charge on any atom is -0.478 e. The number of unbranched alkanes of at least 4 members (excludes halogenated alkanes) is 2. The average Bonchev–Trinajstić information content (AvgIpc) is 2.82. The molecule has 0 rings (SSSR count). The van der Waals surface area contributed by atoms with E-state index in [1.165, 1.54) is 20.8 Å². The predicted octanol–water partition coefficient (Wildman–Crippen LogP) is 4.14. The molecule has 0 aliphatic carbocycles. The van der Waals surface area contributed by atoms with Crippen molar-refractivity contribution in [3.63, 3.8) is 0 Å². The second-order valence-corrected chi connectivity index (χ2v) is 7.85. The third-order valence-electron chi connectivity index (χ3n) is 3.00. The SMILES string of the molecule is C=C(C)C(=O)O.C=C(C)C(=O)O.C=C(C)C(=O)O.C=C(C)C(O)O.C=C(C)C(O)O.CCCCO.CCCCO.[CH3-].[CH3-].[Zr+2].[Zr]. The van der Waals surface area contributed by atoms with Gasteiger partial charge in [-0.2, -0.15) is 0 Å². The number of aliphatic hydroxyl groups is 6. The summed E-state index contributed by atoms with van der Waals surface area (Å²) in [4.78, 5) is 28.8. The van der Waals surface area contributed by atoms with Crippen LogP contribution in [-0.2, 0) is 66.8 Å². The molecule has 0 radical (unpaired) electrons. The molecule has 0 aromatic rings. The van der Waals surface area contributed by atoms with Crippen LogP contribution in [0.15, 0.2) is 60.8 Å². The van der Waals surface area contributed by atoms with Gasteiger partial charge in [0.2, 0.25) is 0 Å². The van der Waals surface area contributed by atoms with Crippen LogP contribution in [-0.4, -0.2) is 89.7 Å². The minimum absolute atomic E-state index is 0. The zero-order valence-electron chi connectivity index (χ0n) is 28.2. The van der Waals surface area contributed by atoms with Crippen LogP contribution in [0, 0.1) is 14.9 Å². The summed E-state index contributed by atoms with van der Waals surface area (Å²) in [6.07, 6.45) is 1.39. The fraction of sp³-hybridized carbons (Fsp3) is 0.500. The minimum atomic E-state index is -1.34. The zero-order chi connectivity index (χ0) is 34.0. The Morgan fingerprint density at radius 1 is 0.545 bits per heavy atom. The molecule has 44 heavy (non-hydrogen) atoms. The van der Waals surface area contributed by atoms with Crippen LogP contribution in [0.5, 0.6) is 0 Å². The Balaban J connectivity index is -0.0000000316. The molecule has 0 saturated heterocycles. The van der Waals surface area contributed by atoms with Gasteiger partial charge in [-0.05, 0) is 58.6 Å². The summed E-state index contributed by atoms with van der Waals surface area (Å²) in [5, 5.41) is 72.1. The topological polar surface area (TPSA) is 233 Å². The van der Waals surface area contributed by atoms with Crippen LogP contribution in [0.4, 0.5) is 0 Å². The van der Waals surface area contributed by atoms with E-state index in [2.05, 4.69) is 46.7 Å². The van der Waals surface area contributed by atoms with Crippen LogP contribution in [0.2, 0.25) is 0 Å². The second-order valence-electron chi connectivity index (χ2n) is 7.85. The average molecular weight is 795 g/mol. The van der Waals surface area contributed by atoms with Crippen molar-refractivity contribution >= 4 is 17.9 Å².